The summed E-state index contributed by atoms with van der Waals surface area (Å²) in [6.45, 7) is 0.423. The van der Waals surface area contributed by atoms with Gasteiger partial charge in [0.2, 0.25) is 0 Å². The maximum atomic E-state index is 12.5. The molecule has 0 saturated carbocycles. The zero-order chi connectivity index (χ0) is 20.6. The molecular weight excluding hydrogens is 368 g/mol. The number of methoxy groups -OCH3 is 1. The number of hydrogen-bond donors (Lipinski definition) is 2. The van der Waals surface area contributed by atoms with Gasteiger partial charge >= 0.3 is 5.97 Å². The Morgan fingerprint density at radius 1 is 0.759 bits per heavy atom. The molecule has 29 heavy (non-hydrogen) atoms. The minimum atomic E-state index is -0.536. The lowest BCUT2D eigenvalue weighted by atomic mass is 10.1. The molecule has 0 aromatic heterocycles. The van der Waals surface area contributed by atoms with E-state index < -0.39 is 11.9 Å². The summed E-state index contributed by atoms with van der Waals surface area (Å²) < 4.78 is 4.73. The molecule has 3 aromatic rings. The quantitative estimate of drug-likeness (QED) is 0.631. The third-order valence-corrected chi connectivity index (χ3v) is 4.29. The summed E-state index contributed by atoms with van der Waals surface area (Å²) in [5, 5.41) is 5.54. The van der Waals surface area contributed by atoms with E-state index >= 15 is 0 Å². The Morgan fingerprint density at radius 3 is 2.00 bits per heavy atom. The molecule has 0 atom stereocenters. The van der Waals surface area contributed by atoms with Crippen molar-refractivity contribution in [2.75, 3.05) is 12.4 Å². The van der Waals surface area contributed by atoms with Crippen molar-refractivity contribution >= 4 is 23.5 Å². The van der Waals surface area contributed by atoms with Crippen molar-refractivity contribution in [2.45, 2.75) is 6.54 Å². The summed E-state index contributed by atoms with van der Waals surface area (Å²) >= 11 is 0. The SMILES string of the molecule is COC(=O)c1ccccc1NC(=O)c1ccc(C(=O)NCc2ccccc2)cc1. The molecule has 6 nitrogen and oxygen atoms in total. The fraction of sp³-hybridized carbons (Fsp3) is 0.0870. The van der Waals surface area contributed by atoms with Crippen LogP contribution in [0.15, 0.2) is 78.9 Å². The van der Waals surface area contributed by atoms with E-state index in [2.05, 4.69) is 10.6 Å². The van der Waals surface area contributed by atoms with Crippen LogP contribution in [0, 0.1) is 0 Å². The zero-order valence-electron chi connectivity index (χ0n) is 15.8. The number of amides is 2. The van der Waals surface area contributed by atoms with Crippen molar-refractivity contribution in [1.82, 2.24) is 5.32 Å². The third kappa shape index (κ3) is 5.07. The average molecular weight is 388 g/mol. The topological polar surface area (TPSA) is 84.5 Å². The monoisotopic (exact) mass is 388 g/mol. The highest BCUT2D eigenvalue weighted by Gasteiger charge is 2.14. The first-order valence-electron chi connectivity index (χ1n) is 8.99. The number of nitrogens with one attached hydrogen (secondary N) is 2. The molecule has 0 spiro atoms. The standard InChI is InChI=1S/C23H20N2O4/c1-29-23(28)19-9-5-6-10-20(19)25-22(27)18-13-11-17(12-14-18)21(26)24-15-16-7-3-2-4-8-16/h2-14H,15H2,1H3,(H,24,26)(H,25,27). The lowest BCUT2D eigenvalue weighted by Crippen LogP contribution is -2.23. The molecule has 0 aliphatic heterocycles. The van der Waals surface area contributed by atoms with Gasteiger partial charge in [-0.15, -0.1) is 0 Å². The van der Waals surface area contributed by atoms with E-state index in [1.807, 2.05) is 30.3 Å². The van der Waals surface area contributed by atoms with Gasteiger partial charge in [0.25, 0.3) is 11.8 Å². The van der Waals surface area contributed by atoms with Gasteiger partial charge in [-0.25, -0.2) is 4.79 Å². The molecule has 0 saturated heterocycles. The number of carbonyl (C=O) groups is 3. The number of carbonyl (C=O) groups excluding carboxylic acids is 3. The Labute approximate surface area is 168 Å². The number of ether oxygens (including phenoxy) is 1. The number of esters is 1. The normalized spacial score (nSPS) is 10.1. The van der Waals surface area contributed by atoms with Crippen LogP contribution in [0.1, 0.15) is 36.6 Å². The maximum absolute atomic E-state index is 12.5. The van der Waals surface area contributed by atoms with Crippen molar-refractivity contribution in [3.8, 4) is 0 Å². The van der Waals surface area contributed by atoms with Gasteiger partial charge in [-0.05, 0) is 42.0 Å². The van der Waals surface area contributed by atoms with Crippen molar-refractivity contribution in [3.63, 3.8) is 0 Å². The first-order valence-corrected chi connectivity index (χ1v) is 8.99. The van der Waals surface area contributed by atoms with E-state index in [1.54, 1.807) is 48.5 Å². The minimum absolute atomic E-state index is 0.225. The van der Waals surface area contributed by atoms with Gasteiger partial charge in [0, 0.05) is 17.7 Å². The van der Waals surface area contributed by atoms with Crippen molar-refractivity contribution in [1.29, 1.82) is 0 Å². The van der Waals surface area contributed by atoms with Gasteiger partial charge in [0.1, 0.15) is 0 Å². The highest BCUT2D eigenvalue weighted by atomic mass is 16.5. The molecule has 146 valence electrons. The van der Waals surface area contributed by atoms with Gasteiger partial charge in [0.15, 0.2) is 0 Å². The van der Waals surface area contributed by atoms with Crippen molar-refractivity contribution in [3.05, 3.63) is 101 Å². The second kappa shape index (κ2) is 9.32. The lowest BCUT2D eigenvalue weighted by Gasteiger charge is -2.10. The molecule has 0 aliphatic carbocycles. The van der Waals surface area contributed by atoms with Crippen LogP contribution in [0.25, 0.3) is 0 Å². The molecule has 0 radical (unpaired) electrons. The Bertz CT molecular complexity index is 1010. The summed E-state index contributed by atoms with van der Waals surface area (Å²) in [6.07, 6.45) is 0. The fourth-order valence-corrected chi connectivity index (χ4v) is 2.73. The maximum Gasteiger partial charge on any atom is 0.339 e. The number of para-hydroxylation sites is 1. The van der Waals surface area contributed by atoms with Crippen LogP contribution < -0.4 is 10.6 Å². The molecule has 3 aromatic carbocycles. The fourth-order valence-electron chi connectivity index (χ4n) is 2.73. The predicted molar refractivity (Wildman–Crippen MR) is 110 cm³/mol. The van der Waals surface area contributed by atoms with Crippen LogP contribution in [-0.4, -0.2) is 24.9 Å². The van der Waals surface area contributed by atoms with E-state index in [0.717, 1.165) is 5.56 Å². The number of anilines is 1. The van der Waals surface area contributed by atoms with Gasteiger partial charge in [-0.3, -0.25) is 9.59 Å². The van der Waals surface area contributed by atoms with E-state index in [1.165, 1.54) is 7.11 Å². The highest BCUT2D eigenvalue weighted by molar-refractivity contribution is 6.08. The predicted octanol–water partition coefficient (Wildman–Crippen LogP) is 3.66. The van der Waals surface area contributed by atoms with Crippen LogP contribution in [0.3, 0.4) is 0 Å². The van der Waals surface area contributed by atoms with Crippen LogP contribution in [0.5, 0.6) is 0 Å². The van der Waals surface area contributed by atoms with E-state index in [0.29, 0.717) is 23.4 Å². The van der Waals surface area contributed by atoms with E-state index in [-0.39, 0.29) is 11.5 Å². The van der Waals surface area contributed by atoms with Gasteiger partial charge in [0.05, 0.1) is 18.4 Å². The Kier molecular flexibility index (Phi) is 6.37. The second-order valence-corrected chi connectivity index (χ2v) is 6.24. The summed E-state index contributed by atoms with van der Waals surface area (Å²) in [5.74, 6) is -1.15. The first-order chi connectivity index (χ1) is 14.1. The van der Waals surface area contributed by atoms with Crippen molar-refractivity contribution < 1.29 is 19.1 Å². The molecular formula is C23H20N2O4. The second-order valence-electron chi connectivity index (χ2n) is 6.24. The highest BCUT2D eigenvalue weighted by Crippen LogP contribution is 2.17. The van der Waals surface area contributed by atoms with Gasteiger partial charge < -0.3 is 15.4 Å². The zero-order valence-corrected chi connectivity index (χ0v) is 15.8. The summed E-state index contributed by atoms with van der Waals surface area (Å²) in [7, 11) is 1.28. The molecule has 0 heterocycles. The smallest absolute Gasteiger partial charge is 0.339 e. The summed E-state index contributed by atoms with van der Waals surface area (Å²) in [5.41, 5.74) is 2.44. The average Bonchev–Trinajstić information content (AvgIpc) is 2.78. The largest absolute Gasteiger partial charge is 0.465 e. The number of benzene rings is 3. The molecule has 0 bridgehead atoms. The Morgan fingerprint density at radius 2 is 1.34 bits per heavy atom. The van der Waals surface area contributed by atoms with E-state index in [4.69, 9.17) is 4.74 Å². The number of hydrogen-bond acceptors (Lipinski definition) is 4. The van der Waals surface area contributed by atoms with Crippen LogP contribution >= 0.6 is 0 Å². The van der Waals surface area contributed by atoms with Crippen LogP contribution in [0.4, 0.5) is 5.69 Å². The molecule has 3 rings (SSSR count). The minimum Gasteiger partial charge on any atom is -0.465 e. The third-order valence-electron chi connectivity index (χ3n) is 4.29. The lowest BCUT2D eigenvalue weighted by molar-refractivity contribution is 0.0601. The molecule has 2 amide bonds. The molecule has 0 fully saturated rings. The van der Waals surface area contributed by atoms with Crippen LogP contribution in [-0.2, 0) is 11.3 Å². The Hall–Kier alpha value is -3.93. The molecule has 2 N–H and O–H groups in total. The number of rotatable bonds is 6. The molecule has 0 unspecified atom stereocenters. The van der Waals surface area contributed by atoms with E-state index in [9.17, 15) is 14.4 Å². The summed E-state index contributed by atoms with van der Waals surface area (Å²) in [6, 6.07) is 22.5. The van der Waals surface area contributed by atoms with Crippen LogP contribution in [0.2, 0.25) is 0 Å². The first kappa shape index (κ1) is 19.8. The Balaban J connectivity index is 1.65. The molecule has 0 aliphatic rings. The molecule has 6 heteroatoms. The van der Waals surface area contributed by atoms with Crippen molar-refractivity contribution in [2.24, 2.45) is 0 Å². The van der Waals surface area contributed by atoms with Gasteiger partial charge in [-0.2, -0.15) is 0 Å². The summed E-state index contributed by atoms with van der Waals surface area (Å²) in [4.78, 5) is 36.6. The van der Waals surface area contributed by atoms with Gasteiger partial charge in [-0.1, -0.05) is 42.5 Å².